The van der Waals surface area contributed by atoms with Crippen molar-refractivity contribution in [1.29, 1.82) is 0 Å². The van der Waals surface area contributed by atoms with E-state index in [1.165, 1.54) is 18.5 Å². The van der Waals surface area contributed by atoms with E-state index in [0.717, 1.165) is 50.0 Å². The van der Waals surface area contributed by atoms with Crippen molar-refractivity contribution >= 4 is 45.6 Å². The van der Waals surface area contributed by atoms with Crippen molar-refractivity contribution in [3.05, 3.63) is 77.8 Å². The van der Waals surface area contributed by atoms with Crippen molar-refractivity contribution in [3.63, 3.8) is 0 Å². The van der Waals surface area contributed by atoms with Gasteiger partial charge >= 0.3 is 0 Å². The molecular formula is C30H31ClFN5O3. The molecule has 1 aromatic heterocycles. The highest BCUT2D eigenvalue weighted by atomic mass is 35.5. The van der Waals surface area contributed by atoms with Crippen LogP contribution in [-0.2, 0) is 4.79 Å². The summed E-state index contributed by atoms with van der Waals surface area (Å²) in [6, 6.07) is 17.6. The second-order valence-corrected chi connectivity index (χ2v) is 10.1. The number of halogens is 2. The molecule has 0 unspecified atom stereocenters. The number of rotatable bonds is 10. The Balaban J connectivity index is 1.15. The fourth-order valence-corrected chi connectivity index (χ4v) is 4.98. The third-order valence-electron chi connectivity index (χ3n) is 6.98. The standard InChI is InChI=1S/C30H31ClFN5O3/c1-39-27-18-26-23(29(34-19-33-26)35-22-8-9-25(32)24(31)16-22)17-28(27)40-15-5-12-37-13-10-20(11-14-37)30(38)36-21-6-3-2-4-7-21/h2-4,6-9,16-20H,5,10-15H2,1H3,(H,36,38)(H,33,34,35). The Kier molecular flexibility index (Phi) is 8.93. The topological polar surface area (TPSA) is 88.6 Å². The second kappa shape index (κ2) is 12.9. The van der Waals surface area contributed by atoms with Gasteiger partial charge in [-0.1, -0.05) is 29.8 Å². The van der Waals surface area contributed by atoms with Crippen LogP contribution in [-0.4, -0.2) is 54.1 Å². The molecule has 0 bridgehead atoms. The number of benzene rings is 3. The van der Waals surface area contributed by atoms with Gasteiger partial charge in [-0.3, -0.25) is 4.79 Å². The lowest BCUT2D eigenvalue weighted by Crippen LogP contribution is -2.38. The molecule has 2 heterocycles. The van der Waals surface area contributed by atoms with Crippen molar-refractivity contribution in [2.75, 3.05) is 44.0 Å². The Morgan fingerprint density at radius 1 is 1.05 bits per heavy atom. The Labute approximate surface area is 237 Å². The van der Waals surface area contributed by atoms with Gasteiger partial charge in [0.25, 0.3) is 0 Å². The molecule has 1 saturated heterocycles. The van der Waals surface area contributed by atoms with Gasteiger partial charge in [0.05, 0.1) is 24.3 Å². The van der Waals surface area contributed by atoms with Crippen LogP contribution < -0.4 is 20.1 Å². The number of hydrogen-bond acceptors (Lipinski definition) is 7. The van der Waals surface area contributed by atoms with E-state index in [9.17, 15) is 9.18 Å². The average Bonchev–Trinajstić information content (AvgIpc) is 2.98. The van der Waals surface area contributed by atoms with Crippen molar-refractivity contribution < 1.29 is 18.7 Å². The molecule has 1 aliphatic rings. The second-order valence-electron chi connectivity index (χ2n) is 9.67. The number of amides is 1. The molecule has 208 valence electrons. The number of fused-ring (bicyclic) bond motifs is 1. The number of carbonyl (C=O) groups is 1. The molecule has 1 aliphatic heterocycles. The minimum atomic E-state index is -0.488. The predicted octanol–water partition coefficient (Wildman–Crippen LogP) is 6.29. The summed E-state index contributed by atoms with van der Waals surface area (Å²) in [5.74, 6) is 1.34. The van der Waals surface area contributed by atoms with Gasteiger partial charge in [0.1, 0.15) is 18.0 Å². The Bertz CT molecular complexity index is 1460. The molecule has 4 aromatic rings. The molecule has 10 heteroatoms. The van der Waals surface area contributed by atoms with Crippen LogP contribution in [0.3, 0.4) is 0 Å². The maximum absolute atomic E-state index is 13.6. The molecule has 0 aliphatic carbocycles. The highest BCUT2D eigenvalue weighted by molar-refractivity contribution is 6.31. The Hall–Kier alpha value is -3.95. The van der Waals surface area contributed by atoms with Gasteiger partial charge < -0.3 is 25.0 Å². The number of anilines is 3. The van der Waals surface area contributed by atoms with Crippen molar-refractivity contribution in [3.8, 4) is 11.5 Å². The van der Waals surface area contributed by atoms with Crippen LogP contribution in [0.25, 0.3) is 10.9 Å². The number of piperidine rings is 1. The lowest BCUT2D eigenvalue weighted by atomic mass is 9.95. The first-order valence-electron chi connectivity index (χ1n) is 13.3. The van der Waals surface area contributed by atoms with Gasteiger partial charge in [-0.25, -0.2) is 14.4 Å². The Morgan fingerprint density at radius 3 is 2.60 bits per heavy atom. The van der Waals surface area contributed by atoms with Crippen LogP contribution in [0.4, 0.5) is 21.6 Å². The minimum absolute atomic E-state index is 0.0220. The number of para-hydroxylation sites is 1. The lowest BCUT2D eigenvalue weighted by molar-refractivity contribution is -0.121. The third-order valence-corrected chi connectivity index (χ3v) is 7.27. The quantitative estimate of drug-likeness (QED) is 0.219. The molecule has 0 radical (unpaired) electrons. The molecule has 0 saturated carbocycles. The van der Waals surface area contributed by atoms with E-state index in [0.29, 0.717) is 35.1 Å². The lowest BCUT2D eigenvalue weighted by Gasteiger charge is -2.31. The van der Waals surface area contributed by atoms with Crippen LogP contribution in [0.15, 0.2) is 67.0 Å². The fourth-order valence-electron chi connectivity index (χ4n) is 4.80. The molecule has 0 atom stereocenters. The largest absolute Gasteiger partial charge is 0.493 e. The highest BCUT2D eigenvalue weighted by Crippen LogP contribution is 2.35. The van der Waals surface area contributed by atoms with E-state index in [1.807, 2.05) is 36.4 Å². The summed E-state index contributed by atoms with van der Waals surface area (Å²) in [5, 5.41) is 6.95. The van der Waals surface area contributed by atoms with Gasteiger partial charge in [-0.05, 0) is 68.8 Å². The summed E-state index contributed by atoms with van der Waals surface area (Å²) in [5.41, 5.74) is 2.12. The average molecular weight is 564 g/mol. The molecule has 1 amide bonds. The first-order valence-corrected chi connectivity index (χ1v) is 13.6. The summed E-state index contributed by atoms with van der Waals surface area (Å²) in [4.78, 5) is 23.7. The normalized spacial score (nSPS) is 14.2. The predicted molar refractivity (Wildman–Crippen MR) is 155 cm³/mol. The molecule has 5 rings (SSSR count). The summed E-state index contributed by atoms with van der Waals surface area (Å²) in [7, 11) is 1.59. The molecule has 40 heavy (non-hydrogen) atoms. The highest BCUT2D eigenvalue weighted by Gasteiger charge is 2.24. The first kappa shape index (κ1) is 27.6. The van der Waals surface area contributed by atoms with Crippen molar-refractivity contribution in [1.82, 2.24) is 14.9 Å². The van der Waals surface area contributed by atoms with Crippen LogP contribution in [0.2, 0.25) is 5.02 Å². The zero-order valence-electron chi connectivity index (χ0n) is 22.2. The minimum Gasteiger partial charge on any atom is -0.493 e. The van der Waals surface area contributed by atoms with Crippen molar-refractivity contribution in [2.45, 2.75) is 19.3 Å². The van der Waals surface area contributed by atoms with E-state index in [1.54, 1.807) is 19.2 Å². The van der Waals surface area contributed by atoms with Gasteiger partial charge in [-0.2, -0.15) is 0 Å². The zero-order valence-corrected chi connectivity index (χ0v) is 23.0. The first-order chi connectivity index (χ1) is 19.5. The van der Waals surface area contributed by atoms with Crippen LogP contribution in [0.5, 0.6) is 11.5 Å². The SMILES string of the molecule is COc1cc2ncnc(Nc3ccc(F)c(Cl)c3)c2cc1OCCCN1CCC(C(=O)Nc2ccccc2)CC1. The van der Waals surface area contributed by atoms with Crippen LogP contribution >= 0.6 is 11.6 Å². The summed E-state index contributed by atoms with van der Waals surface area (Å²) in [6.07, 6.45) is 3.96. The van der Waals surface area contributed by atoms with Gasteiger partial charge in [0.2, 0.25) is 5.91 Å². The Morgan fingerprint density at radius 2 is 1.85 bits per heavy atom. The van der Waals surface area contributed by atoms with Gasteiger partial charge in [0, 0.05) is 35.3 Å². The molecule has 3 aromatic carbocycles. The van der Waals surface area contributed by atoms with E-state index in [-0.39, 0.29) is 16.8 Å². The van der Waals surface area contributed by atoms with Crippen LogP contribution in [0, 0.1) is 11.7 Å². The summed E-state index contributed by atoms with van der Waals surface area (Å²) in [6.45, 7) is 3.14. The van der Waals surface area contributed by atoms with Crippen molar-refractivity contribution in [2.24, 2.45) is 5.92 Å². The maximum Gasteiger partial charge on any atom is 0.227 e. The molecule has 8 nitrogen and oxygen atoms in total. The number of ether oxygens (including phenoxy) is 2. The summed E-state index contributed by atoms with van der Waals surface area (Å²) >= 11 is 5.94. The number of nitrogens with zero attached hydrogens (tertiary/aromatic N) is 3. The van der Waals surface area contributed by atoms with E-state index in [4.69, 9.17) is 21.1 Å². The van der Waals surface area contributed by atoms with Crippen LogP contribution in [0.1, 0.15) is 19.3 Å². The number of carbonyl (C=O) groups excluding carboxylic acids is 1. The molecular weight excluding hydrogens is 533 g/mol. The fraction of sp³-hybridized carbons (Fsp3) is 0.300. The smallest absolute Gasteiger partial charge is 0.227 e. The number of nitrogens with one attached hydrogen (secondary N) is 2. The number of methoxy groups -OCH3 is 1. The molecule has 2 N–H and O–H groups in total. The van der Waals surface area contributed by atoms with Gasteiger partial charge in [0.15, 0.2) is 11.5 Å². The monoisotopic (exact) mass is 563 g/mol. The molecule has 1 fully saturated rings. The molecule has 0 spiro atoms. The van der Waals surface area contributed by atoms with E-state index in [2.05, 4.69) is 25.5 Å². The number of hydrogen-bond donors (Lipinski definition) is 2. The number of aromatic nitrogens is 2. The third kappa shape index (κ3) is 6.78. The number of likely N-dealkylation sites (tertiary alicyclic amines) is 1. The van der Waals surface area contributed by atoms with E-state index < -0.39 is 5.82 Å². The van der Waals surface area contributed by atoms with E-state index >= 15 is 0 Å². The van der Waals surface area contributed by atoms with Gasteiger partial charge in [-0.15, -0.1) is 0 Å². The maximum atomic E-state index is 13.6. The summed E-state index contributed by atoms with van der Waals surface area (Å²) < 4.78 is 25.3. The zero-order chi connectivity index (χ0) is 27.9.